The lowest BCUT2D eigenvalue weighted by atomic mass is 10.0. The molecule has 1 aliphatic rings. The van der Waals surface area contributed by atoms with E-state index >= 15 is 0 Å². The number of carbonyl (C=O) groups excluding carboxylic acids is 1. The Labute approximate surface area is 195 Å². The van der Waals surface area contributed by atoms with E-state index in [1.54, 1.807) is 29.3 Å². The van der Waals surface area contributed by atoms with E-state index in [9.17, 15) is 13.2 Å². The highest BCUT2D eigenvalue weighted by atomic mass is 32.2. The number of likely N-dealkylation sites (N-methyl/N-ethyl adjacent to an activating group) is 1. The number of nitrogens with one attached hydrogen (secondary N) is 2. The molecule has 1 saturated heterocycles. The molecule has 9 nitrogen and oxygen atoms in total. The second-order valence-corrected chi connectivity index (χ2v) is 11.5. The van der Waals surface area contributed by atoms with Gasteiger partial charge in [-0.05, 0) is 49.2 Å². The Hall–Kier alpha value is -2.11. The minimum absolute atomic E-state index is 0.204. The summed E-state index contributed by atoms with van der Waals surface area (Å²) in [5, 5.41) is 8.99. The van der Waals surface area contributed by atoms with Crippen molar-refractivity contribution in [2.45, 2.75) is 58.4 Å². The topological polar surface area (TPSA) is 99.6 Å². The van der Waals surface area contributed by atoms with Gasteiger partial charge in [0.1, 0.15) is 0 Å². The van der Waals surface area contributed by atoms with Crippen LogP contribution in [0, 0.1) is 0 Å². The molecule has 2 amide bonds. The largest absolute Gasteiger partial charge is 0.334 e. The molecule has 1 aliphatic heterocycles. The number of aromatic nitrogens is 2. The number of piperidine rings is 1. The molecular formula is C21H34N6O3S2. The molecule has 3 rings (SSSR count). The molecule has 0 spiro atoms. The van der Waals surface area contributed by atoms with Crippen molar-refractivity contribution in [2.24, 2.45) is 7.05 Å². The minimum atomic E-state index is -4.16. The van der Waals surface area contributed by atoms with Gasteiger partial charge >= 0.3 is 16.2 Å². The van der Waals surface area contributed by atoms with Crippen LogP contribution in [0.25, 0.3) is 0 Å². The van der Waals surface area contributed by atoms with Gasteiger partial charge in [-0.1, -0.05) is 27.7 Å². The highest BCUT2D eigenvalue weighted by molar-refractivity contribution is 7.91. The number of nitrogens with zero attached hydrogens (tertiary/aromatic N) is 4. The van der Waals surface area contributed by atoms with Crippen LogP contribution in [-0.2, 0) is 17.3 Å². The molecule has 178 valence electrons. The SMILES string of the molecule is CC(C)c1csc(C(C)C)c1NC(=O)NS(=O)(=O)N(c1cnn(C)c1)C1CCCN(C)C1. The maximum atomic E-state index is 13.4. The molecule has 2 N–H and O–H groups in total. The highest BCUT2D eigenvalue weighted by Crippen LogP contribution is 2.38. The first-order valence-electron chi connectivity index (χ1n) is 10.9. The summed E-state index contributed by atoms with van der Waals surface area (Å²) in [5.74, 6) is 0.416. The summed E-state index contributed by atoms with van der Waals surface area (Å²) in [5.41, 5.74) is 2.15. The second kappa shape index (κ2) is 9.80. The quantitative estimate of drug-likeness (QED) is 0.627. The van der Waals surface area contributed by atoms with Gasteiger partial charge in [0.2, 0.25) is 0 Å². The van der Waals surface area contributed by atoms with Gasteiger partial charge in [-0.3, -0.25) is 4.68 Å². The normalized spacial score (nSPS) is 17.7. The van der Waals surface area contributed by atoms with Crippen LogP contribution in [0.1, 0.15) is 62.8 Å². The molecule has 1 fully saturated rings. The molecule has 3 heterocycles. The van der Waals surface area contributed by atoms with E-state index in [-0.39, 0.29) is 17.9 Å². The number of rotatable bonds is 7. The van der Waals surface area contributed by atoms with Crippen molar-refractivity contribution in [1.82, 2.24) is 19.4 Å². The summed E-state index contributed by atoms with van der Waals surface area (Å²) in [7, 11) is -0.454. The number of hydrogen-bond donors (Lipinski definition) is 2. The van der Waals surface area contributed by atoms with Crippen molar-refractivity contribution >= 4 is 39.0 Å². The Balaban J connectivity index is 1.87. The fourth-order valence-corrected chi connectivity index (χ4v) is 6.60. The van der Waals surface area contributed by atoms with E-state index in [0.717, 1.165) is 23.4 Å². The fourth-order valence-electron chi connectivity index (χ4n) is 4.07. The molecule has 0 bridgehead atoms. The molecule has 0 radical (unpaired) electrons. The van der Waals surface area contributed by atoms with Crippen molar-refractivity contribution < 1.29 is 13.2 Å². The van der Waals surface area contributed by atoms with Gasteiger partial charge in [0.15, 0.2) is 0 Å². The van der Waals surface area contributed by atoms with Crippen LogP contribution in [-0.4, -0.2) is 55.3 Å². The first-order chi connectivity index (χ1) is 15.0. The zero-order chi connectivity index (χ0) is 23.6. The van der Waals surface area contributed by atoms with E-state index < -0.39 is 16.2 Å². The molecule has 0 saturated carbocycles. The van der Waals surface area contributed by atoms with Crippen LogP contribution in [0.5, 0.6) is 0 Å². The Morgan fingerprint density at radius 1 is 1.25 bits per heavy atom. The number of likely N-dealkylation sites (tertiary alicyclic amines) is 1. The van der Waals surface area contributed by atoms with Gasteiger partial charge in [-0.25, -0.2) is 13.8 Å². The third-order valence-electron chi connectivity index (χ3n) is 5.59. The number of aryl methyl sites for hydroxylation is 1. The van der Waals surface area contributed by atoms with Gasteiger partial charge < -0.3 is 10.2 Å². The van der Waals surface area contributed by atoms with E-state index in [4.69, 9.17) is 0 Å². The number of carbonyl (C=O) groups is 1. The lowest BCUT2D eigenvalue weighted by Gasteiger charge is -2.37. The van der Waals surface area contributed by atoms with Crippen LogP contribution in [0.15, 0.2) is 17.8 Å². The van der Waals surface area contributed by atoms with E-state index in [2.05, 4.69) is 47.7 Å². The first kappa shape index (κ1) is 24.5. The lowest BCUT2D eigenvalue weighted by molar-refractivity contribution is 0.251. The lowest BCUT2D eigenvalue weighted by Crippen LogP contribution is -2.54. The summed E-state index contributed by atoms with van der Waals surface area (Å²) in [6.07, 6.45) is 4.75. The van der Waals surface area contributed by atoms with E-state index in [0.29, 0.717) is 24.3 Å². The number of thiophene rings is 1. The monoisotopic (exact) mass is 482 g/mol. The summed E-state index contributed by atoms with van der Waals surface area (Å²) in [4.78, 5) is 16.0. The van der Waals surface area contributed by atoms with Crippen LogP contribution in [0.2, 0.25) is 0 Å². The zero-order valence-electron chi connectivity index (χ0n) is 19.6. The van der Waals surface area contributed by atoms with Crippen molar-refractivity contribution in [3.8, 4) is 0 Å². The second-order valence-electron chi connectivity index (χ2n) is 9.03. The Morgan fingerprint density at radius 3 is 2.53 bits per heavy atom. The molecule has 2 aromatic rings. The van der Waals surface area contributed by atoms with Gasteiger partial charge in [0.25, 0.3) is 0 Å². The Morgan fingerprint density at radius 2 is 1.97 bits per heavy atom. The number of urea groups is 1. The number of hydrogen-bond acceptors (Lipinski definition) is 6. The molecule has 0 aliphatic carbocycles. The maximum Gasteiger partial charge on any atom is 0.334 e. The molecular weight excluding hydrogens is 448 g/mol. The van der Waals surface area contributed by atoms with Crippen LogP contribution < -0.4 is 14.3 Å². The molecule has 1 unspecified atom stereocenters. The third kappa shape index (κ3) is 5.44. The van der Waals surface area contributed by atoms with Crippen LogP contribution in [0.4, 0.5) is 16.2 Å². The van der Waals surface area contributed by atoms with Gasteiger partial charge in [0, 0.05) is 24.7 Å². The summed E-state index contributed by atoms with van der Waals surface area (Å²) in [6.45, 7) is 9.71. The summed E-state index contributed by atoms with van der Waals surface area (Å²) < 4.78 is 31.9. The number of anilines is 2. The molecule has 1 atom stereocenters. The highest BCUT2D eigenvalue weighted by Gasteiger charge is 2.35. The minimum Gasteiger partial charge on any atom is -0.306 e. The molecule has 11 heteroatoms. The van der Waals surface area contributed by atoms with Gasteiger partial charge in [-0.2, -0.15) is 13.5 Å². The van der Waals surface area contributed by atoms with Crippen molar-refractivity contribution in [3.05, 3.63) is 28.2 Å². The fraction of sp³-hybridized carbons (Fsp3) is 0.619. The average Bonchev–Trinajstić information content (AvgIpc) is 3.27. The predicted molar refractivity (Wildman–Crippen MR) is 130 cm³/mol. The standard InChI is InChI=1S/C21H34N6O3S2/c1-14(2)18-13-31-20(15(3)4)19(18)23-21(28)24-32(29,30)27(17-10-22-26(6)12-17)16-8-7-9-25(5)11-16/h10,12-16H,7-9,11H2,1-6H3,(H2,23,24,28). The van der Waals surface area contributed by atoms with Gasteiger partial charge in [-0.15, -0.1) is 11.3 Å². The maximum absolute atomic E-state index is 13.4. The zero-order valence-corrected chi connectivity index (χ0v) is 21.3. The Kier molecular flexibility index (Phi) is 7.51. The molecule has 32 heavy (non-hydrogen) atoms. The van der Waals surface area contributed by atoms with Gasteiger partial charge in [0.05, 0.1) is 23.6 Å². The van der Waals surface area contributed by atoms with Crippen LogP contribution in [0.3, 0.4) is 0 Å². The number of amides is 2. The summed E-state index contributed by atoms with van der Waals surface area (Å²) in [6, 6.07) is -1.05. The summed E-state index contributed by atoms with van der Waals surface area (Å²) >= 11 is 1.58. The van der Waals surface area contributed by atoms with Crippen molar-refractivity contribution in [1.29, 1.82) is 0 Å². The molecule has 2 aromatic heterocycles. The third-order valence-corrected chi connectivity index (χ3v) is 8.36. The molecule has 0 aromatic carbocycles. The smallest absolute Gasteiger partial charge is 0.306 e. The predicted octanol–water partition coefficient (Wildman–Crippen LogP) is 3.70. The van der Waals surface area contributed by atoms with Crippen molar-refractivity contribution in [2.75, 3.05) is 29.8 Å². The van der Waals surface area contributed by atoms with E-state index in [1.807, 2.05) is 12.4 Å². The first-order valence-corrected chi connectivity index (χ1v) is 13.2. The van der Waals surface area contributed by atoms with Crippen LogP contribution >= 0.6 is 11.3 Å². The Bertz CT molecular complexity index is 1020. The van der Waals surface area contributed by atoms with Crippen molar-refractivity contribution in [3.63, 3.8) is 0 Å². The average molecular weight is 483 g/mol. The van der Waals surface area contributed by atoms with E-state index in [1.165, 1.54) is 10.5 Å².